The lowest BCUT2D eigenvalue weighted by molar-refractivity contribution is 0.464. The van der Waals surface area contributed by atoms with Gasteiger partial charge >= 0.3 is 0 Å². The second-order valence-electron chi connectivity index (χ2n) is 2.07. The Balaban J connectivity index is 3.65. The molecule has 3 heteroatoms. The minimum absolute atomic E-state index is 0.412. The van der Waals surface area contributed by atoms with Crippen LogP contribution in [-0.2, 0) is 0 Å². The highest BCUT2D eigenvalue weighted by Gasteiger charge is 2.02. The van der Waals surface area contributed by atoms with Gasteiger partial charge in [-0.25, -0.2) is 0 Å². The summed E-state index contributed by atoms with van der Waals surface area (Å²) in [6, 6.07) is 0. The molecule has 0 amide bonds. The Morgan fingerprint density at radius 1 is 1.40 bits per heavy atom. The van der Waals surface area contributed by atoms with E-state index in [0.717, 1.165) is 24.5 Å². The quantitative estimate of drug-likeness (QED) is 0.579. The van der Waals surface area contributed by atoms with Crippen molar-refractivity contribution in [3.63, 3.8) is 0 Å². The molecule has 0 fully saturated rings. The van der Waals surface area contributed by atoms with Crippen molar-refractivity contribution < 1.29 is 0 Å². The van der Waals surface area contributed by atoms with Crippen molar-refractivity contribution in [2.24, 2.45) is 0 Å². The standard InChI is InChI=1S/C7H15N2S/c1-3-9(4-2)7(10)5-6-8/h8H,3-6H2,1-2H3. The number of hydrogen-bond donors (Lipinski definition) is 0. The van der Waals surface area contributed by atoms with Crippen molar-refractivity contribution in [3.8, 4) is 0 Å². The first-order valence-electron chi connectivity index (χ1n) is 3.68. The second-order valence-corrected chi connectivity index (χ2v) is 2.54. The Labute approximate surface area is 68.4 Å². The van der Waals surface area contributed by atoms with Crippen molar-refractivity contribution >= 4 is 17.2 Å². The molecule has 0 atom stereocenters. The molecule has 0 aliphatic carbocycles. The van der Waals surface area contributed by atoms with Crippen molar-refractivity contribution in [1.29, 1.82) is 0 Å². The number of nitrogens with one attached hydrogen (secondary N) is 1. The predicted molar refractivity (Wildman–Crippen MR) is 48.1 cm³/mol. The second kappa shape index (κ2) is 5.62. The normalized spacial score (nSPS) is 9.50. The Hall–Kier alpha value is -0.150. The molecule has 10 heavy (non-hydrogen) atoms. The molecule has 0 aliphatic rings. The topological polar surface area (TPSA) is 27.0 Å². The van der Waals surface area contributed by atoms with Gasteiger partial charge in [-0.05, 0) is 13.8 Å². The monoisotopic (exact) mass is 159 g/mol. The highest BCUT2D eigenvalue weighted by atomic mass is 32.1. The van der Waals surface area contributed by atoms with E-state index in [-0.39, 0.29) is 0 Å². The van der Waals surface area contributed by atoms with Gasteiger partial charge in [0.25, 0.3) is 0 Å². The lowest BCUT2D eigenvalue weighted by Gasteiger charge is -2.20. The molecule has 0 aromatic rings. The van der Waals surface area contributed by atoms with Crippen LogP contribution in [-0.4, -0.2) is 29.5 Å². The smallest absolute Gasteiger partial charge is 0.0792 e. The van der Waals surface area contributed by atoms with Gasteiger partial charge in [-0.15, -0.1) is 0 Å². The average molecular weight is 159 g/mol. The summed E-state index contributed by atoms with van der Waals surface area (Å²) in [5.41, 5.74) is 6.96. The van der Waals surface area contributed by atoms with Gasteiger partial charge in [0.05, 0.1) is 4.99 Å². The van der Waals surface area contributed by atoms with Gasteiger partial charge in [0.15, 0.2) is 0 Å². The Kier molecular flexibility index (Phi) is 5.54. The largest absolute Gasteiger partial charge is 0.367 e. The number of thiocarbonyl (C=S) groups is 1. The van der Waals surface area contributed by atoms with Crippen LogP contribution >= 0.6 is 12.2 Å². The molecule has 2 nitrogen and oxygen atoms in total. The predicted octanol–water partition coefficient (Wildman–Crippen LogP) is 1.33. The van der Waals surface area contributed by atoms with E-state index in [0.29, 0.717) is 6.54 Å². The zero-order valence-electron chi connectivity index (χ0n) is 6.68. The van der Waals surface area contributed by atoms with Crippen LogP contribution in [0.25, 0.3) is 0 Å². The molecule has 0 saturated heterocycles. The Morgan fingerprint density at radius 3 is 2.20 bits per heavy atom. The third-order valence-corrected chi connectivity index (χ3v) is 1.92. The summed E-state index contributed by atoms with van der Waals surface area (Å²) in [6.45, 7) is 6.51. The zero-order chi connectivity index (χ0) is 7.98. The molecule has 0 aromatic carbocycles. The summed E-state index contributed by atoms with van der Waals surface area (Å²) in [6.07, 6.45) is 0.733. The van der Waals surface area contributed by atoms with Crippen molar-refractivity contribution in [2.75, 3.05) is 19.6 Å². The summed E-state index contributed by atoms with van der Waals surface area (Å²) >= 11 is 5.08. The molecule has 0 bridgehead atoms. The molecule has 0 rings (SSSR count). The van der Waals surface area contributed by atoms with Gasteiger partial charge in [0.2, 0.25) is 0 Å². The zero-order valence-corrected chi connectivity index (χ0v) is 7.50. The maximum absolute atomic E-state index is 6.96. The molecule has 1 radical (unpaired) electrons. The SMILES string of the molecule is CCN(CC)C(=S)CC[NH]. The van der Waals surface area contributed by atoms with Crippen molar-refractivity contribution in [2.45, 2.75) is 20.3 Å². The van der Waals surface area contributed by atoms with E-state index in [1.54, 1.807) is 0 Å². The van der Waals surface area contributed by atoms with E-state index < -0.39 is 0 Å². The van der Waals surface area contributed by atoms with Crippen LogP contribution < -0.4 is 5.73 Å². The van der Waals surface area contributed by atoms with Crippen LogP contribution in [0.5, 0.6) is 0 Å². The molecule has 1 N–H and O–H groups in total. The maximum atomic E-state index is 6.96. The van der Waals surface area contributed by atoms with Gasteiger partial charge in [0, 0.05) is 26.1 Å². The van der Waals surface area contributed by atoms with Crippen LogP contribution in [0.4, 0.5) is 0 Å². The van der Waals surface area contributed by atoms with Crippen LogP contribution in [0, 0.1) is 0 Å². The number of nitrogens with zero attached hydrogens (tertiary/aromatic N) is 1. The molecule has 0 heterocycles. The molecular weight excluding hydrogens is 144 g/mol. The van der Waals surface area contributed by atoms with Gasteiger partial charge in [-0.2, -0.15) is 0 Å². The van der Waals surface area contributed by atoms with Gasteiger partial charge in [0.1, 0.15) is 0 Å². The van der Waals surface area contributed by atoms with Gasteiger partial charge in [-0.3, -0.25) is 5.73 Å². The summed E-state index contributed by atoms with van der Waals surface area (Å²) in [7, 11) is 0. The highest BCUT2D eigenvalue weighted by molar-refractivity contribution is 7.80. The summed E-state index contributed by atoms with van der Waals surface area (Å²) in [4.78, 5) is 3.05. The van der Waals surface area contributed by atoms with Gasteiger partial charge in [-0.1, -0.05) is 12.2 Å². The molecular formula is C7H15N2S. The molecule has 0 spiro atoms. The molecule has 0 aliphatic heterocycles. The summed E-state index contributed by atoms with van der Waals surface area (Å²) < 4.78 is 0. The average Bonchev–Trinajstić information content (AvgIpc) is 1.91. The number of rotatable bonds is 4. The van der Waals surface area contributed by atoms with Gasteiger partial charge < -0.3 is 4.90 Å². The van der Waals surface area contributed by atoms with E-state index in [1.165, 1.54) is 0 Å². The first-order chi connectivity index (χ1) is 4.76. The maximum Gasteiger partial charge on any atom is 0.0792 e. The van der Waals surface area contributed by atoms with Crippen LogP contribution in [0.1, 0.15) is 20.3 Å². The first kappa shape index (κ1) is 9.85. The fraction of sp³-hybridized carbons (Fsp3) is 0.857. The molecule has 59 valence electrons. The summed E-state index contributed by atoms with van der Waals surface area (Å²) in [5.74, 6) is 0. The number of hydrogen-bond acceptors (Lipinski definition) is 1. The molecule has 0 aromatic heterocycles. The Bertz CT molecular complexity index is 99.8. The summed E-state index contributed by atoms with van der Waals surface area (Å²) in [5, 5.41) is 0. The molecule has 0 unspecified atom stereocenters. The lowest BCUT2D eigenvalue weighted by atomic mass is 10.4. The van der Waals surface area contributed by atoms with Crippen molar-refractivity contribution in [3.05, 3.63) is 0 Å². The fourth-order valence-electron chi connectivity index (χ4n) is 0.841. The van der Waals surface area contributed by atoms with Crippen molar-refractivity contribution in [1.82, 2.24) is 10.6 Å². The third kappa shape index (κ3) is 3.13. The lowest BCUT2D eigenvalue weighted by Crippen LogP contribution is -2.29. The minimum atomic E-state index is 0.412. The minimum Gasteiger partial charge on any atom is -0.367 e. The first-order valence-corrected chi connectivity index (χ1v) is 4.09. The third-order valence-electron chi connectivity index (χ3n) is 1.46. The molecule has 0 saturated carbocycles. The van der Waals surface area contributed by atoms with Crippen LogP contribution in [0.3, 0.4) is 0 Å². The van der Waals surface area contributed by atoms with E-state index >= 15 is 0 Å². The van der Waals surface area contributed by atoms with E-state index in [2.05, 4.69) is 18.7 Å². The fourth-order valence-corrected chi connectivity index (χ4v) is 1.20. The van der Waals surface area contributed by atoms with E-state index in [9.17, 15) is 0 Å². The van der Waals surface area contributed by atoms with Crippen LogP contribution in [0.15, 0.2) is 0 Å². The van der Waals surface area contributed by atoms with Crippen LogP contribution in [0.2, 0.25) is 0 Å². The highest BCUT2D eigenvalue weighted by Crippen LogP contribution is 1.94. The van der Waals surface area contributed by atoms with E-state index in [4.69, 9.17) is 18.0 Å². The Morgan fingerprint density at radius 2 is 1.90 bits per heavy atom. The van der Waals surface area contributed by atoms with E-state index in [1.807, 2.05) is 0 Å².